The number of carbonyl (C=O) groups excluding carboxylic acids is 2. The molecule has 0 saturated carbocycles. The van der Waals surface area contributed by atoms with E-state index in [4.69, 9.17) is 0 Å². The Morgan fingerprint density at radius 3 is 2.30 bits per heavy atom. The molecule has 1 saturated heterocycles. The summed E-state index contributed by atoms with van der Waals surface area (Å²) >= 11 is 0. The quantitative estimate of drug-likeness (QED) is 0.739. The van der Waals surface area contributed by atoms with Crippen LogP contribution < -0.4 is 10.2 Å². The van der Waals surface area contributed by atoms with Crippen molar-refractivity contribution in [3.8, 4) is 0 Å². The summed E-state index contributed by atoms with van der Waals surface area (Å²) in [6.07, 6.45) is -4.51. The molecule has 0 spiro atoms. The molecule has 1 aliphatic heterocycles. The van der Waals surface area contributed by atoms with Crippen LogP contribution in [0, 0.1) is 32.1 Å². The van der Waals surface area contributed by atoms with Gasteiger partial charge in [0.15, 0.2) is 0 Å². The Morgan fingerprint density at radius 1 is 1.13 bits per heavy atom. The minimum atomic E-state index is -4.51. The molecular formula is C23H25F3N2O2. The molecule has 2 aromatic carbocycles. The van der Waals surface area contributed by atoms with E-state index in [1.807, 2.05) is 32.0 Å². The second-order valence-electron chi connectivity index (χ2n) is 8.34. The molecule has 0 aromatic heterocycles. The van der Waals surface area contributed by atoms with Gasteiger partial charge in [-0.25, -0.2) is 0 Å². The van der Waals surface area contributed by atoms with E-state index in [0.717, 1.165) is 28.9 Å². The lowest BCUT2D eigenvalue weighted by Crippen LogP contribution is -2.40. The zero-order valence-electron chi connectivity index (χ0n) is 17.6. The number of rotatable bonds is 3. The average Bonchev–Trinajstić information content (AvgIpc) is 2.86. The first kappa shape index (κ1) is 21.9. The largest absolute Gasteiger partial charge is 0.416 e. The molecule has 2 aromatic rings. The van der Waals surface area contributed by atoms with Gasteiger partial charge in [0.05, 0.1) is 16.9 Å². The predicted molar refractivity (Wildman–Crippen MR) is 110 cm³/mol. The minimum absolute atomic E-state index is 0.0683. The SMILES string of the molecule is Cc1cc(NC(=O)[C@]2(C)CN(c3c(C)cccc3C)C(=O)[C@H]2C)cc(C(F)(F)F)c1. The van der Waals surface area contributed by atoms with Crippen LogP contribution in [0.15, 0.2) is 36.4 Å². The Bertz CT molecular complexity index is 996. The summed E-state index contributed by atoms with van der Waals surface area (Å²) in [6.45, 7) is 8.87. The highest BCUT2D eigenvalue weighted by Crippen LogP contribution is 2.42. The lowest BCUT2D eigenvalue weighted by molar-refractivity contribution is -0.137. The Labute approximate surface area is 174 Å². The van der Waals surface area contributed by atoms with Gasteiger partial charge in [-0.2, -0.15) is 13.2 Å². The third-order valence-electron chi connectivity index (χ3n) is 5.97. The molecule has 1 aliphatic rings. The normalized spacial score (nSPS) is 21.8. The van der Waals surface area contributed by atoms with Gasteiger partial charge in [-0.15, -0.1) is 0 Å². The highest BCUT2D eigenvalue weighted by Gasteiger charge is 2.52. The predicted octanol–water partition coefficient (Wildman–Crippen LogP) is 5.26. The molecule has 0 radical (unpaired) electrons. The summed E-state index contributed by atoms with van der Waals surface area (Å²) in [5.74, 6) is -1.27. The van der Waals surface area contributed by atoms with Gasteiger partial charge in [-0.1, -0.05) is 25.1 Å². The number of alkyl halides is 3. The van der Waals surface area contributed by atoms with Gasteiger partial charge in [-0.3, -0.25) is 9.59 Å². The van der Waals surface area contributed by atoms with E-state index in [1.165, 1.54) is 13.0 Å². The van der Waals surface area contributed by atoms with Crippen molar-refractivity contribution in [2.45, 2.75) is 40.8 Å². The Balaban J connectivity index is 1.91. The van der Waals surface area contributed by atoms with Crippen LogP contribution >= 0.6 is 0 Å². The molecule has 1 heterocycles. The van der Waals surface area contributed by atoms with E-state index >= 15 is 0 Å². The molecule has 1 N–H and O–H groups in total. The minimum Gasteiger partial charge on any atom is -0.326 e. The van der Waals surface area contributed by atoms with Crippen LogP contribution in [-0.2, 0) is 15.8 Å². The van der Waals surface area contributed by atoms with Crippen LogP contribution in [0.4, 0.5) is 24.5 Å². The van der Waals surface area contributed by atoms with Crippen LogP contribution in [0.25, 0.3) is 0 Å². The van der Waals surface area contributed by atoms with Crippen molar-refractivity contribution < 1.29 is 22.8 Å². The van der Waals surface area contributed by atoms with Gasteiger partial charge < -0.3 is 10.2 Å². The Kier molecular flexibility index (Phi) is 5.43. The number of nitrogens with zero attached hydrogens (tertiary/aromatic N) is 1. The van der Waals surface area contributed by atoms with E-state index in [-0.39, 0.29) is 18.1 Å². The van der Waals surface area contributed by atoms with Crippen LogP contribution in [-0.4, -0.2) is 18.4 Å². The maximum absolute atomic E-state index is 13.1. The molecule has 0 bridgehead atoms. The zero-order valence-corrected chi connectivity index (χ0v) is 17.6. The number of nitrogens with one attached hydrogen (secondary N) is 1. The van der Waals surface area contributed by atoms with Crippen LogP contribution in [0.5, 0.6) is 0 Å². The number of hydrogen-bond donors (Lipinski definition) is 1. The van der Waals surface area contributed by atoms with Crippen molar-refractivity contribution in [1.82, 2.24) is 0 Å². The molecule has 1 fully saturated rings. The van der Waals surface area contributed by atoms with Gasteiger partial charge in [0.2, 0.25) is 11.8 Å². The third kappa shape index (κ3) is 3.80. The summed E-state index contributed by atoms with van der Waals surface area (Å²) in [7, 11) is 0. The standard InChI is InChI=1S/C23H25F3N2O2/c1-13-9-17(23(24,25)26)11-18(10-13)27-21(30)22(5)12-28(20(29)16(22)4)19-14(2)7-6-8-15(19)3/h6-11,16H,12H2,1-5H3,(H,27,30)/t16-,22-/m1/s1. The maximum atomic E-state index is 13.1. The maximum Gasteiger partial charge on any atom is 0.416 e. The summed E-state index contributed by atoms with van der Waals surface area (Å²) in [4.78, 5) is 27.8. The molecule has 2 amide bonds. The molecule has 30 heavy (non-hydrogen) atoms. The van der Waals surface area contributed by atoms with E-state index in [0.29, 0.717) is 5.56 Å². The van der Waals surface area contributed by atoms with Crippen LogP contribution in [0.3, 0.4) is 0 Å². The van der Waals surface area contributed by atoms with E-state index in [1.54, 1.807) is 18.7 Å². The molecular weight excluding hydrogens is 393 g/mol. The number of benzene rings is 2. The lowest BCUT2D eigenvalue weighted by atomic mass is 9.80. The highest BCUT2D eigenvalue weighted by molar-refractivity contribution is 6.07. The third-order valence-corrected chi connectivity index (χ3v) is 5.97. The molecule has 3 rings (SSSR count). The Morgan fingerprint density at radius 2 is 1.73 bits per heavy atom. The van der Waals surface area contributed by atoms with Gasteiger partial charge in [0.25, 0.3) is 0 Å². The van der Waals surface area contributed by atoms with E-state index < -0.39 is 29.0 Å². The molecule has 4 nitrogen and oxygen atoms in total. The van der Waals surface area contributed by atoms with Crippen molar-refractivity contribution in [2.24, 2.45) is 11.3 Å². The van der Waals surface area contributed by atoms with Gasteiger partial charge >= 0.3 is 6.18 Å². The molecule has 7 heteroatoms. The van der Waals surface area contributed by atoms with Crippen LogP contribution in [0.2, 0.25) is 0 Å². The summed E-state index contributed by atoms with van der Waals surface area (Å²) in [5.41, 5.74) is 1.17. The van der Waals surface area contributed by atoms with Gasteiger partial charge in [0, 0.05) is 17.9 Å². The second-order valence-corrected chi connectivity index (χ2v) is 8.34. The first-order valence-corrected chi connectivity index (χ1v) is 9.72. The zero-order chi connectivity index (χ0) is 22.4. The fourth-order valence-electron chi connectivity index (χ4n) is 4.03. The molecule has 0 aliphatic carbocycles. The summed E-state index contributed by atoms with van der Waals surface area (Å²) in [5, 5.41) is 2.61. The average molecular weight is 418 g/mol. The highest BCUT2D eigenvalue weighted by atomic mass is 19.4. The fraction of sp³-hybridized carbons (Fsp3) is 0.391. The van der Waals surface area contributed by atoms with Crippen molar-refractivity contribution in [2.75, 3.05) is 16.8 Å². The number of amides is 2. The summed E-state index contributed by atoms with van der Waals surface area (Å²) in [6, 6.07) is 9.14. The molecule has 2 atom stereocenters. The van der Waals surface area contributed by atoms with Crippen molar-refractivity contribution >= 4 is 23.2 Å². The summed E-state index contributed by atoms with van der Waals surface area (Å²) < 4.78 is 39.4. The Hall–Kier alpha value is -2.83. The topological polar surface area (TPSA) is 49.4 Å². The van der Waals surface area contributed by atoms with Gasteiger partial charge in [0.1, 0.15) is 0 Å². The first-order chi connectivity index (χ1) is 13.8. The van der Waals surface area contributed by atoms with E-state index in [9.17, 15) is 22.8 Å². The lowest BCUT2D eigenvalue weighted by Gasteiger charge is -2.27. The molecule has 160 valence electrons. The fourth-order valence-corrected chi connectivity index (χ4v) is 4.03. The number of aryl methyl sites for hydroxylation is 3. The molecule has 0 unspecified atom stereocenters. The number of anilines is 2. The van der Waals surface area contributed by atoms with Crippen molar-refractivity contribution in [3.05, 3.63) is 58.7 Å². The number of halogens is 3. The monoisotopic (exact) mass is 418 g/mol. The number of carbonyl (C=O) groups is 2. The van der Waals surface area contributed by atoms with Crippen LogP contribution in [0.1, 0.15) is 36.1 Å². The second kappa shape index (κ2) is 7.45. The van der Waals surface area contributed by atoms with Crippen molar-refractivity contribution in [3.63, 3.8) is 0 Å². The number of para-hydroxylation sites is 1. The van der Waals surface area contributed by atoms with Gasteiger partial charge in [-0.05, 0) is 62.6 Å². The smallest absolute Gasteiger partial charge is 0.326 e. The first-order valence-electron chi connectivity index (χ1n) is 9.72. The van der Waals surface area contributed by atoms with Crippen molar-refractivity contribution in [1.29, 1.82) is 0 Å². The number of hydrogen-bond acceptors (Lipinski definition) is 2. The van der Waals surface area contributed by atoms with E-state index in [2.05, 4.69) is 5.32 Å².